The highest BCUT2D eigenvalue weighted by Gasteiger charge is 2.17. The van der Waals surface area contributed by atoms with Gasteiger partial charge in [-0.15, -0.1) is 0 Å². The van der Waals surface area contributed by atoms with Crippen LogP contribution in [0.5, 0.6) is 0 Å². The molecule has 19 heavy (non-hydrogen) atoms. The highest BCUT2D eigenvalue weighted by atomic mass is 16.1. The number of ketones is 1. The summed E-state index contributed by atoms with van der Waals surface area (Å²) in [7, 11) is 0. The Balaban J connectivity index is 2.06. The van der Waals surface area contributed by atoms with Gasteiger partial charge in [-0.25, -0.2) is 0 Å². The second-order valence-electron chi connectivity index (χ2n) is 6.19. The predicted octanol–water partition coefficient (Wildman–Crippen LogP) is 5.83. The Labute approximate surface area is 119 Å². The van der Waals surface area contributed by atoms with Crippen LogP contribution in [0, 0.1) is 5.92 Å². The van der Waals surface area contributed by atoms with E-state index in [2.05, 4.69) is 19.9 Å². The summed E-state index contributed by atoms with van der Waals surface area (Å²) in [6.07, 6.45) is 17.1. The zero-order chi connectivity index (χ0) is 13.9. The van der Waals surface area contributed by atoms with E-state index in [-0.39, 0.29) is 0 Å². The number of Topliss-reactive ketones (excluding diaryl/α,β-unsaturated/α-hetero) is 1. The molecule has 110 valence electrons. The molecule has 1 heteroatoms. The van der Waals surface area contributed by atoms with E-state index in [4.69, 9.17) is 0 Å². The van der Waals surface area contributed by atoms with Crippen molar-refractivity contribution >= 4 is 5.78 Å². The summed E-state index contributed by atoms with van der Waals surface area (Å²) >= 11 is 0. The highest BCUT2D eigenvalue weighted by molar-refractivity contribution is 5.79. The van der Waals surface area contributed by atoms with Crippen LogP contribution in [0.25, 0.3) is 0 Å². The summed E-state index contributed by atoms with van der Waals surface area (Å²) in [5, 5.41) is 0. The molecule has 1 unspecified atom stereocenters. The molecule has 1 atom stereocenters. The number of allylic oxidation sites excluding steroid dienone is 2. The zero-order valence-electron chi connectivity index (χ0n) is 13.0. The summed E-state index contributed by atoms with van der Waals surface area (Å²) < 4.78 is 0. The van der Waals surface area contributed by atoms with Gasteiger partial charge in [0.1, 0.15) is 5.78 Å². The standard InChI is InChI=1S/C18H32O/c1-3-4-5-6-7-8-9-10-13-17-15-18(19)14-11-12-16(17)2/h12,17H,3-11,13-15H2,1-2H3. The van der Waals surface area contributed by atoms with Crippen LogP contribution in [0.4, 0.5) is 0 Å². The van der Waals surface area contributed by atoms with Crippen LogP contribution in [0.2, 0.25) is 0 Å². The van der Waals surface area contributed by atoms with Crippen LogP contribution in [-0.2, 0) is 4.79 Å². The fourth-order valence-corrected chi connectivity index (χ4v) is 3.02. The van der Waals surface area contributed by atoms with Crippen LogP contribution in [-0.4, -0.2) is 5.78 Å². The molecule has 0 aromatic carbocycles. The Kier molecular flexibility index (Phi) is 8.86. The van der Waals surface area contributed by atoms with Gasteiger partial charge in [-0.3, -0.25) is 4.79 Å². The van der Waals surface area contributed by atoms with Gasteiger partial charge in [-0.05, 0) is 25.7 Å². The van der Waals surface area contributed by atoms with Crippen molar-refractivity contribution in [2.24, 2.45) is 5.92 Å². The summed E-state index contributed by atoms with van der Waals surface area (Å²) in [4.78, 5) is 11.6. The molecule has 0 heterocycles. The van der Waals surface area contributed by atoms with Gasteiger partial charge in [0, 0.05) is 12.8 Å². The Bertz CT molecular complexity index is 277. The Hall–Kier alpha value is -0.590. The SMILES string of the molecule is CCCCCCCCCCC1CC(=O)CCC=C1C. The van der Waals surface area contributed by atoms with E-state index in [9.17, 15) is 4.79 Å². The average molecular weight is 264 g/mol. The van der Waals surface area contributed by atoms with Gasteiger partial charge in [0.15, 0.2) is 0 Å². The number of carbonyl (C=O) groups is 1. The van der Waals surface area contributed by atoms with Crippen LogP contribution >= 0.6 is 0 Å². The number of carbonyl (C=O) groups excluding carboxylic acids is 1. The predicted molar refractivity (Wildman–Crippen MR) is 83.3 cm³/mol. The molecule has 0 saturated heterocycles. The quantitative estimate of drug-likeness (QED) is 0.378. The monoisotopic (exact) mass is 264 g/mol. The van der Waals surface area contributed by atoms with E-state index in [1.165, 1.54) is 63.4 Å². The van der Waals surface area contributed by atoms with Crippen molar-refractivity contribution in [2.45, 2.75) is 90.9 Å². The van der Waals surface area contributed by atoms with Gasteiger partial charge in [0.05, 0.1) is 0 Å². The maximum absolute atomic E-state index is 11.6. The number of rotatable bonds is 9. The summed E-state index contributed by atoms with van der Waals surface area (Å²) in [5.41, 5.74) is 1.47. The van der Waals surface area contributed by atoms with Crippen LogP contribution in [0.1, 0.15) is 90.9 Å². The molecule has 0 radical (unpaired) electrons. The Morgan fingerprint density at radius 2 is 1.68 bits per heavy atom. The number of hydrogen-bond donors (Lipinski definition) is 0. The average Bonchev–Trinajstić information content (AvgIpc) is 2.55. The van der Waals surface area contributed by atoms with E-state index in [0.717, 1.165) is 19.3 Å². The van der Waals surface area contributed by atoms with Gasteiger partial charge in [0.25, 0.3) is 0 Å². The second-order valence-corrected chi connectivity index (χ2v) is 6.19. The molecule has 0 aliphatic heterocycles. The molecule has 0 amide bonds. The van der Waals surface area contributed by atoms with Gasteiger partial charge >= 0.3 is 0 Å². The van der Waals surface area contributed by atoms with Crippen LogP contribution in [0.3, 0.4) is 0 Å². The molecular weight excluding hydrogens is 232 g/mol. The van der Waals surface area contributed by atoms with Gasteiger partial charge < -0.3 is 0 Å². The van der Waals surface area contributed by atoms with E-state index in [1.807, 2.05) is 0 Å². The summed E-state index contributed by atoms with van der Waals surface area (Å²) in [5.74, 6) is 1.02. The Morgan fingerprint density at radius 3 is 2.37 bits per heavy atom. The fraction of sp³-hybridized carbons (Fsp3) is 0.833. The smallest absolute Gasteiger partial charge is 0.133 e. The lowest BCUT2D eigenvalue weighted by molar-refractivity contribution is -0.119. The fourth-order valence-electron chi connectivity index (χ4n) is 3.02. The lowest BCUT2D eigenvalue weighted by Crippen LogP contribution is -2.07. The molecule has 0 bridgehead atoms. The molecule has 0 saturated carbocycles. The molecule has 0 fully saturated rings. The van der Waals surface area contributed by atoms with Gasteiger partial charge in [0.2, 0.25) is 0 Å². The molecular formula is C18H32O. The topological polar surface area (TPSA) is 17.1 Å². The largest absolute Gasteiger partial charge is 0.300 e. The molecule has 1 nitrogen and oxygen atoms in total. The van der Waals surface area contributed by atoms with Crippen molar-refractivity contribution in [3.8, 4) is 0 Å². The van der Waals surface area contributed by atoms with E-state index >= 15 is 0 Å². The highest BCUT2D eigenvalue weighted by Crippen LogP contribution is 2.26. The minimum absolute atomic E-state index is 0.470. The summed E-state index contributed by atoms with van der Waals surface area (Å²) in [6.45, 7) is 4.48. The second kappa shape index (κ2) is 10.2. The van der Waals surface area contributed by atoms with E-state index in [1.54, 1.807) is 0 Å². The summed E-state index contributed by atoms with van der Waals surface area (Å²) in [6, 6.07) is 0. The minimum atomic E-state index is 0.470. The third-order valence-electron chi connectivity index (χ3n) is 4.41. The number of hydrogen-bond acceptors (Lipinski definition) is 1. The van der Waals surface area contributed by atoms with E-state index < -0.39 is 0 Å². The first-order valence-corrected chi connectivity index (χ1v) is 8.42. The third-order valence-corrected chi connectivity index (χ3v) is 4.41. The van der Waals surface area contributed by atoms with Gasteiger partial charge in [-0.2, -0.15) is 0 Å². The van der Waals surface area contributed by atoms with Crippen molar-refractivity contribution in [3.05, 3.63) is 11.6 Å². The van der Waals surface area contributed by atoms with Crippen molar-refractivity contribution in [3.63, 3.8) is 0 Å². The zero-order valence-corrected chi connectivity index (χ0v) is 13.0. The van der Waals surface area contributed by atoms with Crippen molar-refractivity contribution in [1.29, 1.82) is 0 Å². The number of unbranched alkanes of at least 4 members (excludes halogenated alkanes) is 7. The van der Waals surface area contributed by atoms with E-state index in [0.29, 0.717) is 11.7 Å². The van der Waals surface area contributed by atoms with Crippen molar-refractivity contribution in [2.75, 3.05) is 0 Å². The molecule has 0 N–H and O–H groups in total. The van der Waals surface area contributed by atoms with Crippen LogP contribution < -0.4 is 0 Å². The first kappa shape index (κ1) is 16.5. The maximum atomic E-state index is 11.6. The molecule has 1 aliphatic carbocycles. The lowest BCUT2D eigenvalue weighted by atomic mass is 9.90. The molecule has 1 aliphatic rings. The first-order chi connectivity index (χ1) is 9.24. The van der Waals surface area contributed by atoms with Crippen molar-refractivity contribution < 1.29 is 4.79 Å². The van der Waals surface area contributed by atoms with Crippen molar-refractivity contribution in [1.82, 2.24) is 0 Å². The van der Waals surface area contributed by atoms with Crippen LogP contribution in [0.15, 0.2) is 11.6 Å². The maximum Gasteiger partial charge on any atom is 0.133 e. The first-order valence-electron chi connectivity index (χ1n) is 8.42. The molecule has 0 aromatic heterocycles. The lowest BCUT2D eigenvalue weighted by Gasteiger charge is -2.15. The minimum Gasteiger partial charge on any atom is -0.300 e. The molecule has 0 aromatic rings. The molecule has 1 rings (SSSR count). The molecule has 0 spiro atoms. The normalized spacial score (nSPS) is 20.2. The van der Waals surface area contributed by atoms with Gasteiger partial charge in [-0.1, -0.05) is 69.9 Å². The third kappa shape index (κ3) is 7.54. The Morgan fingerprint density at radius 1 is 1.05 bits per heavy atom.